The van der Waals surface area contributed by atoms with Gasteiger partial charge in [-0.2, -0.15) is 0 Å². The second-order valence-corrected chi connectivity index (χ2v) is 4.47. The van der Waals surface area contributed by atoms with Crippen molar-refractivity contribution in [3.05, 3.63) is 0 Å². The highest BCUT2D eigenvalue weighted by Gasteiger charge is 2.08. The van der Waals surface area contributed by atoms with E-state index in [9.17, 15) is 0 Å². The van der Waals surface area contributed by atoms with Gasteiger partial charge < -0.3 is 4.90 Å². The summed E-state index contributed by atoms with van der Waals surface area (Å²) < 4.78 is 0. The van der Waals surface area contributed by atoms with Crippen molar-refractivity contribution in [1.82, 2.24) is 4.90 Å². The average Bonchev–Trinajstić information content (AvgIpc) is 1.59. The number of rotatable bonds is 3. The lowest BCUT2D eigenvalue weighted by Crippen LogP contribution is -2.15. The van der Waals surface area contributed by atoms with E-state index in [1.54, 1.807) is 0 Å². The van der Waals surface area contributed by atoms with Gasteiger partial charge in [0, 0.05) is 0 Å². The highest BCUT2D eigenvalue weighted by molar-refractivity contribution is 4.61. The van der Waals surface area contributed by atoms with Gasteiger partial charge in [0.2, 0.25) is 0 Å². The Hall–Kier alpha value is -0.0400. The summed E-state index contributed by atoms with van der Waals surface area (Å²) in [5.41, 5.74) is 0.510. The second-order valence-electron chi connectivity index (χ2n) is 4.47. The summed E-state index contributed by atoms with van der Waals surface area (Å²) >= 11 is 0. The van der Waals surface area contributed by atoms with E-state index in [-0.39, 0.29) is 0 Å². The van der Waals surface area contributed by atoms with Crippen molar-refractivity contribution in [1.29, 1.82) is 0 Å². The number of hydrogen-bond acceptors (Lipinski definition) is 1. The minimum atomic E-state index is 0.510. The van der Waals surface area contributed by atoms with Crippen LogP contribution in [0.25, 0.3) is 0 Å². The van der Waals surface area contributed by atoms with Crippen LogP contribution in [-0.4, -0.2) is 25.5 Å². The van der Waals surface area contributed by atoms with Crippen LogP contribution in [0.1, 0.15) is 33.6 Å². The van der Waals surface area contributed by atoms with Gasteiger partial charge in [0.05, 0.1) is 0 Å². The molecule has 0 rings (SSSR count). The molecule has 0 radical (unpaired) electrons. The van der Waals surface area contributed by atoms with Gasteiger partial charge in [0.1, 0.15) is 0 Å². The van der Waals surface area contributed by atoms with Gasteiger partial charge in [-0.1, -0.05) is 20.8 Å². The fourth-order valence-electron chi connectivity index (χ4n) is 0.926. The third kappa shape index (κ3) is 7.96. The van der Waals surface area contributed by atoms with Crippen LogP contribution < -0.4 is 0 Å². The van der Waals surface area contributed by atoms with E-state index in [4.69, 9.17) is 0 Å². The van der Waals surface area contributed by atoms with Gasteiger partial charge in [0.25, 0.3) is 0 Å². The molecule has 0 spiro atoms. The Kier molecular flexibility index (Phi) is 3.95. The van der Waals surface area contributed by atoms with E-state index in [2.05, 4.69) is 39.8 Å². The van der Waals surface area contributed by atoms with Crippen molar-refractivity contribution >= 4 is 0 Å². The molecular formula is C9H21N. The number of hydrogen-bond donors (Lipinski definition) is 0. The first-order chi connectivity index (χ1) is 4.42. The van der Waals surface area contributed by atoms with Crippen LogP contribution in [0.2, 0.25) is 0 Å². The van der Waals surface area contributed by atoms with Crippen molar-refractivity contribution in [2.45, 2.75) is 33.6 Å². The lowest BCUT2D eigenvalue weighted by molar-refractivity contribution is 0.319. The lowest BCUT2D eigenvalue weighted by Gasteiger charge is -2.19. The third-order valence-electron chi connectivity index (χ3n) is 1.53. The van der Waals surface area contributed by atoms with Crippen LogP contribution in [-0.2, 0) is 0 Å². The standard InChI is InChI=1S/C9H21N/c1-9(2,3)7-6-8-10(4)5/h6-8H2,1-5H3. The Morgan fingerprint density at radius 3 is 1.90 bits per heavy atom. The normalized spacial score (nSPS) is 12.6. The smallest absolute Gasteiger partial charge is 0.00246 e. The van der Waals surface area contributed by atoms with E-state index >= 15 is 0 Å². The summed E-state index contributed by atoms with van der Waals surface area (Å²) in [6.07, 6.45) is 2.64. The van der Waals surface area contributed by atoms with Crippen LogP contribution in [0.5, 0.6) is 0 Å². The summed E-state index contributed by atoms with van der Waals surface area (Å²) in [5, 5.41) is 0. The van der Waals surface area contributed by atoms with Gasteiger partial charge in [-0.3, -0.25) is 0 Å². The maximum absolute atomic E-state index is 2.29. The largest absolute Gasteiger partial charge is 0.309 e. The molecule has 0 aliphatic rings. The quantitative estimate of drug-likeness (QED) is 0.586. The molecule has 0 unspecified atom stereocenters. The van der Waals surface area contributed by atoms with E-state index in [1.807, 2.05) is 0 Å². The monoisotopic (exact) mass is 143 g/mol. The highest BCUT2D eigenvalue weighted by Crippen LogP contribution is 2.20. The molecule has 0 aromatic heterocycles. The second kappa shape index (κ2) is 3.97. The molecule has 0 fully saturated rings. The van der Waals surface area contributed by atoms with Crippen molar-refractivity contribution in [3.8, 4) is 0 Å². The van der Waals surface area contributed by atoms with Gasteiger partial charge in [-0.25, -0.2) is 0 Å². The van der Waals surface area contributed by atoms with Crippen LogP contribution in [0.15, 0.2) is 0 Å². The van der Waals surface area contributed by atoms with Gasteiger partial charge in [0.15, 0.2) is 0 Å². The lowest BCUT2D eigenvalue weighted by atomic mass is 9.90. The van der Waals surface area contributed by atoms with Crippen LogP contribution in [0.4, 0.5) is 0 Å². The van der Waals surface area contributed by atoms with Crippen LogP contribution >= 0.6 is 0 Å². The third-order valence-corrected chi connectivity index (χ3v) is 1.53. The molecule has 0 saturated carbocycles. The fraction of sp³-hybridized carbons (Fsp3) is 1.00. The van der Waals surface area contributed by atoms with Crippen molar-refractivity contribution in [2.75, 3.05) is 20.6 Å². The fourth-order valence-corrected chi connectivity index (χ4v) is 0.926. The van der Waals surface area contributed by atoms with Crippen molar-refractivity contribution in [3.63, 3.8) is 0 Å². The Balaban J connectivity index is 3.21. The molecule has 1 heteroatoms. The molecule has 0 bridgehead atoms. The summed E-state index contributed by atoms with van der Waals surface area (Å²) in [4.78, 5) is 2.24. The highest BCUT2D eigenvalue weighted by atomic mass is 15.0. The molecule has 0 heterocycles. The van der Waals surface area contributed by atoms with Gasteiger partial charge in [-0.15, -0.1) is 0 Å². The minimum Gasteiger partial charge on any atom is -0.309 e. The maximum atomic E-state index is 2.29. The van der Waals surface area contributed by atoms with Gasteiger partial charge in [-0.05, 0) is 38.9 Å². The average molecular weight is 143 g/mol. The predicted octanol–water partition coefficient (Wildman–Crippen LogP) is 2.37. The molecule has 0 aliphatic carbocycles. The Morgan fingerprint density at radius 2 is 1.60 bits per heavy atom. The summed E-state index contributed by atoms with van der Waals surface area (Å²) in [6, 6.07) is 0. The first kappa shape index (κ1) is 9.96. The van der Waals surface area contributed by atoms with E-state index < -0.39 is 0 Å². The van der Waals surface area contributed by atoms with E-state index in [1.165, 1.54) is 19.4 Å². The predicted molar refractivity (Wildman–Crippen MR) is 47.2 cm³/mol. The summed E-state index contributed by atoms with van der Waals surface area (Å²) in [7, 11) is 4.26. The molecule has 62 valence electrons. The molecular weight excluding hydrogens is 122 g/mol. The molecule has 10 heavy (non-hydrogen) atoms. The topological polar surface area (TPSA) is 3.24 Å². The first-order valence-electron chi connectivity index (χ1n) is 4.06. The van der Waals surface area contributed by atoms with Crippen LogP contribution in [0.3, 0.4) is 0 Å². The zero-order chi connectivity index (χ0) is 8.20. The summed E-state index contributed by atoms with van der Waals surface area (Å²) in [5.74, 6) is 0. The molecule has 0 saturated heterocycles. The molecule has 0 amide bonds. The zero-order valence-electron chi connectivity index (χ0n) is 8.07. The molecule has 0 aromatic rings. The Morgan fingerprint density at radius 1 is 1.10 bits per heavy atom. The molecule has 0 aromatic carbocycles. The Labute approximate surface area is 65.4 Å². The van der Waals surface area contributed by atoms with Gasteiger partial charge >= 0.3 is 0 Å². The van der Waals surface area contributed by atoms with Crippen LogP contribution in [0, 0.1) is 5.41 Å². The molecule has 0 atom stereocenters. The van der Waals surface area contributed by atoms with Crippen molar-refractivity contribution in [2.24, 2.45) is 5.41 Å². The first-order valence-corrected chi connectivity index (χ1v) is 4.06. The minimum absolute atomic E-state index is 0.510. The molecule has 0 aliphatic heterocycles. The van der Waals surface area contributed by atoms with Crippen molar-refractivity contribution < 1.29 is 0 Å². The molecule has 0 N–H and O–H groups in total. The zero-order valence-corrected chi connectivity index (χ0v) is 8.07. The number of nitrogens with zero attached hydrogens (tertiary/aromatic N) is 1. The SMILES string of the molecule is CN(C)CCCC(C)(C)C. The maximum Gasteiger partial charge on any atom is -0.00246 e. The summed E-state index contributed by atoms with van der Waals surface area (Å²) in [6.45, 7) is 8.10. The van der Waals surface area contributed by atoms with E-state index in [0.717, 1.165) is 0 Å². The molecule has 1 nitrogen and oxygen atoms in total. The Bertz CT molecular complexity index is 79.2. The van der Waals surface area contributed by atoms with E-state index in [0.29, 0.717) is 5.41 Å².